The van der Waals surface area contributed by atoms with Gasteiger partial charge in [-0.05, 0) is 25.2 Å². The van der Waals surface area contributed by atoms with Crippen molar-refractivity contribution < 1.29 is 19.5 Å². The molecule has 0 aromatic heterocycles. The van der Waals surface area contributed by atoms with E-state index in [0.29, 0.717) is 18.5 Å². The van der Waals surface area contributed by atoms with E-state index < -0.39 is 12.6 Å². The third-order valence-electron chi connectivity index (χ3n) is 2.55. The quantitative estimate of drug-likeness (QED) is 0.660. The van der Waals surface area contributed by atoms with Gasteiger partial charge in [0.2, 0.25) is 0 Å². The molecule has 0 aromatic rings. The molecule has 6 nitrogen and oxygen atoms in total. The van der Waals surface area contributed by atoms with Crippen LogP contribution in [0.2, 0.25) is 0 Å². The van der Waals surface area contributed by atoms with Crippen molar-refractivity contribution in [1.29, 1.82) is 0 Å². The fourth-order valence-electron chi connectivity index (χ4n) is 1.45. The molecular formula is C11H20N2O4. The Labute approximate surface area is 101 Å². The lowest BCUT2D eigenvalue weighted by Crippen LogP contribution is -2.42. The molecule has 0 aliphatic heterocycles. The second-order valence-corrected chi connectivity index (χ2v) is 4.70. The summed E-state index contributed by atoms with van der Waals surface area (Å²) in [6.07, 6.45) is 2.97. The maximum Gasteiger partial charge on any atom is 0.341 e. The molecule has 2 amide bonds. The molecule has 98 valence electrons. The number of hydrogen-bond donors (Lipinski definition) is 2. The lowest BCUT2D eigenvalue weighted by atomic mass is 10.1. The van der Waals surface area contributed by atoms with Crippen molar-refractivity contribution in [2.24, 2.45) is 5.92 Å². The standard InChI is InChI=1S/C11H20N2O4/c1-8(2)5-6-13(9-3-4-9)11(16)12-17-7-10(14)15/h8-9H,3-7H2,1-2H3,(H,12,16)(H,14,15). The zero-order valence-corrected chi connectivity index (χ0v) is 10.3. The van der Waals surface area contributed by atoms with Crippen molar-refractivity contribution in [3.8, 4) is 0 Å². The first-order chi connectivity index (χ1) is 8.00. The zero-order chi connectivity index (χ0) is 12.8. The van der Waals surface area contributed by atoms with Crippen LogP contribution < -0.4 is 5.48 Å². The van der Waals surface area contributed by atoms with Gasteiger partial charge in [-0.15, -0.1) is 0 Å². The number of carboxylic acid groups (broad SMARTS) is 1. The number of nitrogens with one attached hydrogen (secondary N) is 1. The van der Waals surface area contributed by atoms with Gasteiger partial charge in [0.1, 0.15) is 0 Å². The predicted octanol–water partition coefficient (Wildman–Crippen LogP) is 1.22. The van der Waals surface area contributed by atoms with Crippen LogP contribution in [0.4, 0.5) is 4.79 Å². The Hall–Kier alpha value is -1.30. The minimum Gasteiger partial charge on any atom is -0.479 e. The first kappa shape index (κ1) is 13.8. The van der Waals surface area contributed by atoms with Crippen LogP contribution >= 0.6 is 0 Å². The van der Waals surface area contributed by atoms with Crippen LogP contribution in [0.3, 0.4) is 0 Å². The van der Waals surface area contributed by atoms with Crippen LogP contribution in [-0.2, 0) is 9.63 Å². The van der Waals surface area contributed by atoms with E-state index in [1.54, 1.807) is 4.90 Å². The van der Waals surface area contributed by atoms with Crippen LogP contribution in [0.25, 0.3) is 0 Å². The van der Waals surface area contributed by atoms with Crippen molar-refractivity contribution in [3.63, 3.8) is 0 Å². The molecule has 1 rings (SSSR count). The number of nitrogens with zero attached hydrogens (tertiary/aromatic N) is 1. The van der Waals surface area contributed by atoms with Crippen molar-refractivity contribution in [2.45, 2.75) is 39.2 Å². The smallest absolute Gasteiger partial charge is 0.341 e. The molecule has 0 aromatic carbocycles. The van der Waals surface area contributed by atoms with E-state index in [-0.39, 0.29) is 6.03 Å². The summed E-state index contributed by atoms with van der Waals surface area (Å²) in [5, 5.41) is 8.37. The van der Waals surface area contributed by atoms with Gasteiger partial charge in [0.05, 0.1) is 0 Å². The molecule has 1 aliphatic rings. The summed E-state index contributed by atoms with van der Waals surface area (Å²) in [6, 6.07) is -0.0448. The number of carbonyl (C=O) groups is 2. The van der Waals surface area contributed by atoms with Gasteiger partial charge >= 0.3 is 12.0 Å². The Morgan fingerprint density at radius 2 is 2.12 bits per heavy atom. The minimum absolute atomic E-state index is 0.294. The van der Waals surface area contributed by atoms with Crippen molar-refractivity contribution in [1.82, 2.24) is 10.4 Å². The lowest BCUT2D eigenvalue weighted by molar-refractivity contribution is -0.144. The number of hydrogen-bond acceptors (Lipinski definition) is 3. The number of carboxylic acids is 1. The van der Waals surface area contributed by atoms with Gasteiger partial charge < -0.3 is 10.0 Å². The maximum atomic E-state index is 11.7. The third-order valence-corrected chi connectivity index (χ3v) is 2.55. The van der Waals surface area contributed by atoms with Gasteiger partial charge in [0.25, 0.3) is 0 Å². The highest BCUT2D eigenvalue weighted by atomic mass is 16.7. The Morgan fingerprint density at radius 3 is 2.59 bits per heavy atom. The largest absolute Gasteiger partial charge is 0.479 e. The summed E-state index contributed by atoms with van der Waals surface area (Å²) in [4.78, 5) is 28.2. The molecule has 0 radical (unpaired) electrons. The van der Waals surface area contributed by atoms with Crippen LogP contribution in [0.1, 0.15) is 33.1 Å². The Morgan fingerprint density at radius 1 is 1.47 bits per heavy atom. The molecule has 1 saturated carbocycles. The van der Waals surface area contributed by atoms with E-state index in [1.165, 1.54) is 0 Å². The molecule has 0 atom stereocenters. The summed E-state index contributed by atoms with van der Waals surface area (Å²) in [5.74, 6) is -0.575. The van der Waals surface area contributed by atoms with Crippen LogP contribution in [0.15, 0.2) is 0 Å². The topological polar surface area (TPSA) is 78.9 Å². The molecule has 17 heavy (non-hydrogen) atoms. The second-order valence-electron chi connectivity index (χ2n) is 4.70. The summed E-state index contributed by atoms with van der Waals surface area (Å²) >= 11 is 0. The van der Waals surface area contributed by atoms with E-state index >= 15 is 0 Å². The van der Waals surface area contributed by atoms with Gasteiger partial charge in [0.15, 0.2) is 6.61 Å². The van der Waals surface area contributed by atoms with E-state index in [0.717, 1.165) is 19.3 Å². The average Bonchev–Trinajstić information content (AvgIpc) is 3.01. The predicted molar refractivity (Wildman–Crippen MR) is 61.3 cm³/mol. The first-order valence-electron chi connectivity index (χ1n) is 5.91. The summed E-state index contributed by atoms with van der Waals surface area (Å²) in [7, 11) is 0. The molecular weight excluding hydrogens is 224 g/mol. The molecule has 0 saturated heterocycles. The molecule has 2 N–H and O–H groups in total. The number of carbonyl (C=O) groups excluding carboxylic acids is 1. The lowest BCUT2D eigenvalue weighted by Gasteiger charge is -2.23. The maximum absolute atomic E-state index is 11.7. The van der Waals surface area contributed by atoms with E-state index in [2.05, 4.69) is 24.2 Å². The Kier molecular flexibility index (Phi) is 5.21. The summed E-state index contributed by atoms with van der Waals surface area (Å²) in [6.45, 7) is 4.37. The molecule has 0 unspecified atom stereocenters. The number of rotatable bonds is 7. The Balaban J connectivity index is 2.30. The van der Waals surface area contributed by atoms with Gasteiger partial charge in [-0.25, -0.2) is 15.1 Å². The van der Waals surface area contributed by atoms with E-state index in [4.69, 9.17) is 5.11 Å². The van der Waals surface area contributed by atoms with E-state index in [1.807, 2.05) is 0 Å². The second kappa shape index (κ2) is 6.44. The molecule has 0 heterocycles. The van der Waals surface area contributed by atoms with Crippen LogP contribution in [-0.4, -0.2) is 41.2 Å². The van der Waals surface area contributed by atoms with Crippen molar-refractivity contribution >= 4 is 12.0 Å². The number of amides is 2. The number of hydroxylamine groups is 1. The van der Waals surface area contributed by atoms with Gasteiger partial charge in [-0.3, -0.25) is 4.84 Å². The average molecular weight is 244 g/mol. The molecule has 1 fully saturated rings. The van der Waals surface area contributed by atoms with Crippen LogP contribution in [0.5, 0.6) is 0 Å². The summed E-state index contributed by atoms with van der Waals surface area (Å²) < 4.78 is 0. The molecule has 1 aliphatic carbocycles. The Bertz CT molecular complexity index is 277. The highest BCUT2D eigenvalue weighted by molar-refractivity contribution is 5.74. The fraction of sp³-hybridized carbons (Fsp3) is 0.818. The highest BCUT2D eigenvalue weighted by Crippen LogP contribution is 2.27. The van der Waals surface area contributed by atoms with Crippen LogP contribution in [0, 0.1) is 5.92 Å². The summed E-state index contributed by atoms with van der Waals surface area (Å²) in [5.41, 5.74) is 2.17. The van der Waals surface area contributed by atoms with Crippen molar-refractivity contribution in [3.05, 3.63) is 0 Å². The monoisotopic (exact) mass is 244 g/mol. The van der Waals surface area contributed by atoms with Gasteiger partial charge in [-0.2, -0.15) is 0 Å². The molecule has 0 spiro atoms. The van der Waals surface area contributed by atoms with Gasteiger partial charge in [-0.1, -0.05) is 13.8 Å². The SMILES string of the molecule is CC(C)CCN(C(=O)NOCC(=O)O)C1CC1. The third kappa shape index (κ3) is 5.53. The zero-order valence-electron chi connectivity index (χ0n) is 10.3. The first-order valence-corrected chi connectivity index (χ1v) is 5.91. The number of urea groups is 1. The van der Waals surface area contributed by atoms with Gasteiger partial charge in [0, 0.05) is 12.6 Å². The highest BCUT2D eigenvalue weighted by Gasteiger charge is 2.32. The van der Waals surface area contributed by atoms with Crippen molar-refractivity contribution in [2.75, 3.05) is 13.2 Å². The minimum atomic E-state index is -1.11. The molecule has 6 heteroatoms. The van der Waals surface area contributed by atoms with E-state index in [9.17, 15) is 9.59 Å². The normalized spacial score (nSPS) is 14.8. The fourth-order valence-corrected chi connectivity index (χ4v) is 1.45. The molecule has 0 bridgehead atoms. The number of aliphatic carboxylic acids is 1.